The summed E-state index contributed by atoms with van der Waals surface area (Å²) in [5, 5.41) is 20.7. The minimum atomic E-state index is -1.17. The smallest absolute Gasteiger partial charge is 0.308 e. The molecule has 1 aliphatic heterocycles. The number of aliphatic hydroxyl groups is 2. The fourth-order valence-corrected chi connectivity index (χ4v) is 3.26. The highest BCUT2D eigenvalue weighted by Crippen LogP contribution is 2.48. The molecule has 0 radical (unpaired) electrons. The highest BCUT2D eigenvalue weighted by Gasteiger charge is 2.57. The zero-order chi connectivity index (χ0) is 19.3. The van der Waals surface area contributed by atoms with Crippen LogP contribution in [0.4, 0.5) is 0 Å². The number of carbonyl (C=O) groups excluding carboxylic acids is 1. The van der Waals surface area contributed by atoms with Crippen LogP contribution in [0.2, 0.25) is 0 Å². The molecular formula is C17H32O8. The van der Waals surface area contributed by atoms with Crippen molar-refractivity contribution in [1.29, 1.82) is 0 Å². The summed E-state index contributed by atoms with van der Waals surface area (Å²) in [5.74, 6) is -1.67. The van der Waals surface area contributed by atoms with Gasteiger partial charge in [-0.2, -0.15) is 0 Å². The fourth-order valence-electron chi connectivity index (χ4n) is 3.26. The van der Waals surface area contributed by atoms with Gasteiger partial charge in [0.25, 0.3) is 0 Å². The predicted octanol–water partition coefficient (Wildman–Crippen LogP) is 0.828. The van der Waals surface area contributed by atoms with Crippen LogP contribution in [-0.4, -0.2) is 75.0 Å². The van der Waals surface area contributed by atoms with Crippen molar-refractivity contribution in [2.45, 2.75) is 69.9 Å². The standard InChI is InChI=1S/C17H32O8/c1-16(2)13(19)9-12(7-11(18)8-14(20)21-3)25-17(16,24-6)10-15(22-4)23-5/h11-13,15,18-19H,7-10H2,1-6H3/t11-,12?,13?,17+/m1/s1. The molecule has 1 rings (SSSR count). The Kier molecular flexibility index (Phi) is 8.24. The molecule has 2 unspecified atom stereocenters. The third kappa shape index (κ3) is 5.12. The molecule has 0 aromatic rings. The van der Waals surface area contributed by atoms with E-state index in [1.54, 1.807) is 0 Å². The van der Waals surface area contributed by atoms with Crippen molar-refractivity contribution in [2.75, 3.05) is 28.4 Å². The van der Waals surface area contributed by atoms with E-state index in [2.05, 4.69) is 4.74 Å². The van der Waals surface area contributed by atoms with Crippen LogP contribution in [-0.2, 0) is 28.5 Å². The molecule has 0 spiro atoms. The van der Waals surface area contributed by atoms with Crippen molar-refractivity contribution < 1.29 is 38.7 Å². The Labute approximate surface area is 149 Å². The molecule has 0 aliphatic carbocycles. The molecule has 0 bridgehead atoms. The summed E-state index contributed by atoms with van der Waals surface area (Å²) < 4.78 is 27.0. The number of methoxy groups -OCH3 is 4. The monoisotopic (exact) mass is 364 g/mol. The van der Waals surface area contributed by atoms with Crippen LogP contribution in [0.1, 0.15) is 39.5 Å². The van der Waals surface area contributed by atoms with E-state index in [4.69, 9.17) is 18.9 Å². The van der Waals surface area contributed by atoms with E-state index in [1.165, 1.54) is 28.4 Å². The number of aliphatic hydroxyl groups excluding tert-OH is 2. The second kappa shape index (κ2) is 9.25. The van der Waals surface area contributed by atoms with E-state index < -0.39 is 41.8 Å². The quantitative estimate of drug-likeness (QED) is 0.458. The van der Waals surface area contributed by atoms with E-state index in [0.717, 1.165) is 0 Å². The molecule has 1 saturated heterocycles. The maximum absolute atomic E-state index is 11.3. The summed E-state index contributed by atoms with van der Waals surface area (Å²) in [5.41, 5.74) is -0.735. The first-order valence-corrected chi connectivity index (χ1v) is 8.37. The van der Waals surface area contributed by atoms with Gasteiger partial charge in [0.05, 0.1) is 38.3 Å². The second-order valence-corrected chi connectivity index (χ2v) is 6.94. The van der Waals surface area contributed by atoms with Crippen LogP contribution in [0.5, 0.6) is 0 Å². The molecule has 0 amide bonds. The Morgan fingerprint density at radius 2 is 1.84 bits per heavy atom. The minimum absolute atomic E-state index is 0.130. The Morgan fingerprint density at radius 1 is 1.24 bits per heavy atom. The largest absolute Gasteiger partial charge is 0.469 e. The van der Waals surface area contributed by atoms with Crippen LogP contribution in [0.25, 0.3) is 0 Å². The lowest BCUT2D eigenvalue weighted by atomic mass is 9.71. The maximum Gasteiger partial charge on any atom is 0.308 e. The van der Waals surface area contributed by atoms with Crippen molar-refractivity contribution in [3.8, 4) is 0 Å². The minimum Gasteiger partial charge on any atom is -0.469 e. The lowest BCUT2D eigenvalue weighted by Crippen LogP contribution is -2.62. The van der Waals surface area contributed by atoms with Gasteiger partial charge in [-0.3, -0.25) is 4.79 Å². The van der Waals surface area contributed by atoms with Gasteiger partial charge in [-0.05, 0) is 0 Å². The molecule has 2 N–H and O–H groups in total. The summed E-state index contributed by atoms with van der Waals surface area (Å²) in [6.45, 7) is 3.70. The second-order valence-electron chi connectivity index (χ2n) is 6.94. The lowest BCUT2D eigenvalue weighted by molar-refractivity contribution is -0.365. The Morgan fingerprint density at radius 3 is 2.32 bits per heavy atom. The van der Waals surface area contributed by atoms with Crippen molar-refractivity contribution in [2.24, 2.45) is 5.41 Å². The van der Waals surface area contributed by atoms with Gasteiger partial charge < -0.3 is 33.9 Å². The molecule has 1 fully saturated rings. The van der Waals surface area contributed by atoms with E-state index >= 15 is 0 Å². The molecule has 8 nitrogen and oxygen atoms in total. The normalized spacial score (nSPS) is 30.3. The van der Waals surface area contributed by atoms with Gasteiger partial charge in [0.1, 0.15) is 0 Å². The highest BCUT2D eigenvalue weighted by atomic mass is 16.7. The average molecular weight is 364 g/mol. The fraction of sp³-hybridized carbons (Fsp3) is 0.941. The first kappa shape index (κ1) is 22.3. The van der Waals surface area contributed by atoms with Crippen LogP contribution in [0, 0.1) is 5.41 Å². The van der Waals surface area contributed by atoms with Crippen LogP contribution in [0.3, 0.4) is 0 Å². The topological polar surface area (TPSA) is 104 Å². The van der Waals surface area contributed by atoms with Crippen LogP contribution in [0.15, 0.2) is 0 Å². The lowest BCUT2D eigenvalue weighted by Gasteiger charge is -2.54. The molecule has 25 heavy (non-hydrogen) atoms. The van der Waals surface area contributed by atoms with E-state index in [0.29, 0.717) is 6.42 Å². The summed E-state index contributed by atoms with van der Waals surface area (Å²) in [4.78, 5) is 11.3. The zero-order valence-electron chi connectivity index (χ0n) is 16.0. The number of hydrogen-bond donors (Lipinski definition) is 2. The van der Waals surface area contributed by atoms with Crippen LogP contribution < -0.4 is 0 Å². The van der Waals surface area contributed by atoms with Crippen molar-refractivity contribution >= 4 is 5.97 Å². The Hall–Kier alpha value is -0.770. The molecule has 1 aliphatic rings. The number of esters is 1. The zero-order valence-corrected chi connectivity index (χ0v) is 16.0. The first-order chi connectivity index (χ1) is 11.7. The van der Waals surface area contributed by atoms with Gasteiger partial charge in [0, 0.05) is 39.6 Å². The van der Waals surface area contributed by atoms with E-state index in [-0.39, 0.29) is 19.3 Å². The van der Waals surface area contributed by atoms with E-state index in [9.17, 15) is 15.0 Å². The van der Waals surface area contributed by atoms with Crippen LogP contribution >= 0.6 is 0 Å². The molecule has 0 aromatic carbocycles. The Balaban J connectivity index is 2.94. The van der Waals surface area contributed by atoms with Gasteiger partial charge in [-0.25, -0.2) is 0 Å². The highest BCUT2D eigenvalue weighted by molar-refractivity contribution is 5.69. The maximum atomic E-state index is 11.3. The summed E-state index contributed by atoms with van der Waals surface area (Å²) in [6.07, 6.45) is -2.12. The van der Waals surface area contributed by atoms with Crippen molar-refractivity contribution in [3.05, 3.63) is 0 Å². The van der Waals surface area contributed by atoms with Gasteiger partial charge in [0.15, 0.2) is 12.1 Å². The summed E-state index contributed by atoms with van der Waals surface area (Å²) in [6, 6.07) is 0. The SMILES string of the molecule is COC(=O)C[C@H](O)CC1CC(O)C(C)(C)[C@@](CC(OC)OC)(OC)O1. The van der Waals surface area contributed by atoms with Gasteiger partial charge in [-0.15, -0.1) is 0 Å². The third-order valence-corrected chi connectivity index (χ3v) is 5.11. The Bertz CT molecular complexity index is 423. The average Bonchev–Trinajstić information content (AvgIpc) is 2.56. The molecule has 4 atom stereocenters. The van der Waals surface area contributed by atoms with Gasteiger partial charge in [-0.1, -0.05) is 13.8 Å². The molecule has 0 saturated carbocycles. The molecule has 8 heteroatoms. The molecule has 0 aromatic heterocycles. The molecular weight excluding hydrogens is 332 g/mol. The molecule has 148 valence electrons. The van der Waals surface area contributed by atoms with Gasteiger partial charge >= 0.3 is 5.97 Å². The van der Waals surface area contributed by atoms with Gasteiger partial charge in [0.2, 0.25) is 0 Å². The molecule has 1 heterocycles. The number of carbonyl (C=O) groups is 1. The van der Waals surface area contributed by atoms with Crippen molar-refractivity contribution in [3.63, 3.8) is 0 Å². The predicted molar refractivity (Wildman–Crippen MR) is 88.7 cm³/mol. The first-order valence-electron chi connectivity index (χ1n) is 8.37. The third-order valence-electron chi connectivity index (χ3n) is 5.11. The van der Waals surface area contributed by atoms with Crippen molar-refractivity contribution in [1.82, 2.24) is 0 Å². The van der Waals surface area contributed by atoms with E-state index in [1.807, 2.05) is 13.8 Å². The number of ether oxygens (including phenoxy) is 5. The summed E-state index contributed by atoms with van der Waals surface area (Å²) >= 11 is 0. The number of hydrogen-bond acceptors (Lipinski definition) is 8. The number of rotatable bonds is 9. The summed E-state index contributed by atoms with van der Waals surface area (Å²) in [7, 11) is 5.80.